The lowest BCUT2D eigenvalue weighted by Crippen LogP contribution is -2.31. The molecule has 0 aromatic carbocycles. The van der Waals surface area contributed by atoms with Gasteiger partial charge in [0, 0.05) is 11.9 Å². The second-order valence-electron chi connectivity index (χ2n) is 5.07. The van der Waals surface area contributed by atoms with Crippen molar-refractivity contribution >= 4 is 28.8 Å². The van der Waals surface area contributed by atoms with Gasteiger partial charge in [-0.1, -0.05) is 13.3 Å². The lowest BCUT2D eigenvalue weighted by atomic mass is 10.0. The highest BCUT2D eigenvalue weighted by Crippen LogP contribution is 2.48. The second-order valence-corrected chi connectivity index (χ2v) is 6.28. The number of carbonyl (C=O) groups is 1. The van der Waals surface area contributed by atoms with Gasteiger partial charge >= 0.3 is 0 Å². The van der Waals surface area contributed by atoms with Crippen molar-refractivity contribution in [2.24, 2.45) is 5.41 Å². The Bertz CT molecular complexity index is 415. The molecule has 1 aliphatic rings. The molecule has 0 saturated heterocycles. The Labute approximate surface area is 117 Å². The summed E-state index contributed by atoms with van der Waals surface area (Å²) in [5, 5.41) is 5.80. The monoisotopic (exact) mass is 286 g/mol. The minimum Gasteiger partial charge on any atom is -0.355 e. The minimum absolute atomic E-state index is 0.0767. The highest BCUT2D eigenvalue weighted by molar-refractivity contribution is 7.09. The molecule has 0 aliphatic heterocycles. The van der Waals surface area contributed by atoms with Crippen LogP contribution in [0.1, 0.15) is 43.3 Å². The molecule has 1 aliphatic carbocycles. The zero-order valence-electron chi connectivity index (χ0n) is 10.7. The predicted octanol–water partition coefficient (Wildman–Crippen LogP) is 3.12. The zero-order chi connectivity index (χ0) is 13.0. The van der Waals surface area contributed by atoms with E-state index in [1.54, 1.807) is 0 Å². The summed E-state index contributed by atoms with van der Waals surface area (Å²) >= 11 is 7.19. The molecule has 100 valence electrons. The third-order valence-electron chi connectivity index (χ3n) is 3.45. The number of hydrogen-bond acceptors (Lipinski definition) is 3. The fraction of sp³-hybridized carbons (Fsp3) is 0.692. The second kappa shape index (κ2) is 6.02. The molecule has 1 amide bonds. The van der Waals surface area contributed by atoms with Gasteiger partial charge in [0.2, 0.25) is 5.91 Å². The average Bonchev–Trinajstić information content (AvgIpc) is 2.97. The number of aromatic nitrogens is 1. The number of thiazole rings is 1. The zero-order valence-corrected chi connectivity index (χ0v) is 12.2. The quantitative estimate of drug-likeness (QED) is 0.783. The van der Waals surface area contributed by atoms with Crippen LogP contribution in [0.4, 0.5) is 0 Å². The van der Waals surface area contributed by atoms with Crippen molar-refractivity contribution in [2.75, 3.05) is 6.54 Å². The van der Waals surface area contributed by atoms with Crippen molar-refractivity contribution < 1.29 is 4.79 Å². The van der Waals surface area contributed by atoms with Crippen LogP contribution in [0.5, 0.6) is 0 Å². The van der Waals surface area contributed by atoms with Gasteiger partial charge in [-0.05, 0) is 24.7 Å². The molecular formula is C13H19ClN2OS. The van der Waals surface area contributed by atoms with E-state index < -0.39 is 0 Å². The Kier molecular flexibility index (Phi) is 4.62. The molecule has 0 bridgehead atoms. The molecule has 18 heavy (non-hydrogen) atoms. The van der Waals surface area contributed by atoms with E-state index in [2.05, 4.69) is 17.2 Å². The molecule has 3 nitrogen and oxygen atoms in total. The van der Waals surface area contributed by atoms with E-state index in [4.69, 9.17) is 11.6 Å². The Morgan fingerprint density at radius 2 is 2.39 bits per heavy atom. The van der Waals surface area contributed by atoms with Gasteiger partial charge in [-0.3, -0.25) is 4.79 Å². The molecule has 0 atom stereocenters. The van der Waals surface area contributed by atoms with Gasteiger partial charge in [0.1, 0.15) is 5.01 Å². The van der Waals surface area contributed by atoms with Crippen molar-refractivity contribution in [1.29, 1.82) is 0 Å². The number of nitrogens with zero attached hydrogens (tertiary/aromatic N) is 1. The first-order valence-electron chi connectivity index (χ1n) is 6.43. The molecule has 1 N–H and O–H groups in total. The van der Waals surface area contributed by atoms with Gasteiger partial charge in [-0.25, -0.2) is 4.98 Å². The number of rotatable bonds is 7. The van der Waals surface area contributed by atoms with Gasteiger partial charge in [-0.2, -0.15) is 0 Å². The molecule has 1 fully saturated rings. The lowest BCUT2D eigenvalue weighted by Gasteiger charge is -2.14. The van der Waals surface area contributed by atoms with E-state index in [-0.39, 0.29) is 5.91 Å². The fourth-order valence-corrected chi connectivity index (χ4v) is 3.22. The van der Waals surface area contributed by atoms with Gasteiger partial charge < -0.3 is 5.32 Å². The van der Waals surface area contributed by atoms with Crippen LogP contribution >= 0.6 is 22.9 Å². The maximum atomic E-state index is 11.8. The molecule has 1 heterocycles. The standard InChI is InChI=1S/C13H19ClN2OS/c1-2-3-13(4-5-13)9-15-11(17)6-12-16-10(7-14)8-18-12/h8H,2-7,9H2,1H3,(H,15,17). The summed E-state index contributed by atoms with van der Waals surface area (Å²) in [6.45, 7) is 3.03. The minimum atomic E-state index is 0.0767. The van der Waals surface area contributed by atoms with Crippen LogP contribution in [0.3, 0.4) is 0 Å². The molecular weight excluding hydrogens is 268 g/mol. The third-order valence-corrected chi connectivity index (χ3v) is 4.62. The number of hydrogen-bond donors (Lipinski definition) is 1. The van der Waals surface area contributed by atoms with Crippen LogP contribution in [0.15, 0.2) is 5.38 Å². The van der Waals surface area contributed by atoms with Crippen LogP contribution in [-0.4, -0.2) is 17.4 Å². The molecule has 1 aromatic rings. The number of alkyl halides is 1. The Hall–Kier alpha value is -0.610. The largest absolute Gasteiger partial charge is 0.355 e. The van der Waals surface area contributed by atoms with E-state index >= 15 is 0 Å². The van der Waals surface area contributed by atoms with Crippen molar-refractivity contribution in [2.45, 2.75) is 44.9 Å². The summed E-state index contributed by atoms with van der Waals surface area (Å²) < 4.78 is 0. The number of nitrogens with one attached hydrogen (secondary N) is 1. The molecule has 1 aromatic heterocycles. The first kappa shape index (κ1) is 13.8. The molecule has 5 heteroatoms. The van der Waals surface area contributed by atoms with Crippen LogP contribution in [0, 0.1) is 5.41 Å². The van der Waals surface area contributed by atoms with Gasteiger partial charge in [-0.15, -0.1) is 22.9 Å². The SMILES string of the molecule is CCCC1(CNC(=O)Cc2nc(CCl)cs2)CC1. The van der Waals surface area contributed by atoms with E-state index in [9.17, 15) is 4.79 Å². The van der Waals surface area contributed by atoms with Crippen molar-refractivity contribution in [3.8, 4) is 0 Å². The third kappa shape index (κ3) is 3.69. The highest BCUT2D eigenvalue weighted by Gasteiger charge is 2.41. The summed E-state index contributed by atoms with van der Waals surface area (Å²) in [4.78, 5) is 16.1. The van der Waals surface area contributed by atoms with Gasteiger partial charge in [0.15, 0.2) is 0 Å². The van der Waals surface area contributed by atoms with Crippen LogP contribution < -0.4 is 5.32 Å². The van der Waals surface area contributed by atoms with Crippen LogP contribution in [-0.2, 0) is 17.1 Å². The first-order chi connectivity index (χ1) is 8.67. The molecule has 2 rings (SSSR count). The highest BCUT2D eigenvalue weighted by atomic mass is 35.5. The van der Waals surface area contributed by atoms with Gasteiger partial charge in [0.05, 0.1) is 18.0 Å². The predicted molar refractivity (Wildman–Crippen MR) is 75.0 cm³/mol. The first-order valence-corrected chi connectivity index (χ1v) is 7.85. The Balaban J connectivity index is 1.75. The maximum Gasteiger partial charge on any atom is 0.226 e. The summed E-state index contributed by atoms with van der Waals surface area (Å²) in [6.07, 6.45) is 5.32. The lowest BCUT2D eigenvalue weighted by molar-refractivity contribution is -0.120. The summed E-state index contributed by atoms with van der Waals surface area (Å²) in [5.41, 5.74) is 1.27. The Morgan fingerprint density at radius 1 is 1.61 bits per heavy atom. The molecule has 0 radical (unpaired) electrons. The topological polar surface area (TPSA) is 42.0 Å². The fourth-order valence-electron chi connectivity index (χ4n) is 2.20. The summed E-state index contributed by atoms with van der Waals surface area (Å²) in [7, 11) is 0. The van der Waals surface area contributed by atoms with E-state index in [1.165, 1.54) is 37.0 Å². The smallest absolute Gasteiger partial charge is 0.226 e. The number of carbonyl (C=O) groups excluding carboxylic acids is 1. The van der Waals surface area contributed by atoms with Crippen molar-refractivity contribution in [1.82, 2.24) is 10.3 Å². The van der Waals surface area contributed by atoms with E-state index in [1.807, 2.05) is 5.38 Å². The average molecular weight is 287 g/mol. The normalized spacial score (nSPS) is 16.6. The molecule has 0 spiro atoms. The van der Waals surface area contributed by atoms with Crippen molar-refractivity contribution in [3.05, 3.63) is 16.1 Å². The van der Waals surface area contributed by atoms with Crippen LogP contribution in [0.2, 0.25) is 0 Å². The number of amides is 1. The number of halogens is 1. The summed E-state index contributed by atoms with van der Waals surface area (Å²) in [5.74, 6) is 0.491. The van der Waals surface area contributed by atoms with Crippen molar-refractivity contribution in [3.63, 3.8) is 0 Å². The van der Waals surface area contributed by atoms with Crippen LogP contribution in [0.25, 0.3) is 0 Å². The Morgan fingerprint density at radius 3 is 2.94 bits per heavy atom. The van der Waals surface area contributed by atoms with E-state index in [0.717, 1.165) is 17.2 Å². The van der Waals surface area contributed by atoms with Gasteiger partial charge in [0.25, 0.3) is 0 Å². The molecule has 1 saturated carbocycles. The summed E-state index contributed by atoms with van der Waals surface area (Å²) in [6, 6.07) is 0. The van der Waals surface area contributed by atoms with E-state index in [0.29, 0.717) is 17.7 Å². The maximum absolute atomic E-state index is 11.8. The molecule has 0 unspecified atom stereocenters.